The smallest absolute Gasteiger partial charge is 0.266 e. The number of hydrogen-bond acceptors (Lipinski definition) is 6. The SMILES string of the molecule is O=S(=O)(Nc1nc2c(s1)CCC2)c1cnn(CCO)c1. The molecule has 2 aromatic heterocycles. The van der Waals surface area contributed by atoms with E-state index in [9.17, 15) is 8.42 Å². The molecule has 7 nitrogen and oxygen atoms in total. The van der Waals surface area contributed by atoms with Gasteiger partial charge in [-0.15, -0.1) is 11.3 Å². The van der Waals surface area contributed by atoms with Crippen LogP contribution in [0.1, 0.15) is 17.0 Å². The summed E-state index contributed by atoms with van der Waals surface area (Å²) in [6.07, 6.45) is 5.64. The first kappa shape index (κ1) is 13.5. The summed E-state index contributed by atoms with van der Waals surface area (Å²) in [6.45, 7) is 0.175. The zero-order valence-corrected chi connectivity index (χ0v) is 12.2. The number of thiazole rings is 1. The molecule has 2 heterocycles. The van der Waals surface area contributed by atoms with E-state index < -0.39 is 10.0 Å². The van der Waals surface area contributed by atoms with E-state index in [0.29, 0.717) is 5.13 Å². The molecule has 0 atom stereocenters. The minimum absolute atomic E-state index is 0.0707. The number of nitrogens with one attached hydrogen (secondary N) is 1. The van der Waals surface area contributed by atoms with Crippen LogP contribution in [-0.4, -0.2) is 34.9 Å². The summed E-state index contributed by atoms with van der Waals surface area (Å²) in [5.41, 5.74) is 1.00. The van der Waals surface area contributed by atoms with Crippen LogP contribution in [0.15, 0.2) is 17.3 Å². The van der Waals surface area contributed by atoms with Gasteiger partial charge in [0.2, 0.25) is 0 Å². The monoisotopic (exact) mass is 314 g/mol. The van der Waals surface area contributed by atoms with Crippen LogP contribution in [0, 0.1) is 0 Å². The van der Waals surface area contributed by atoms with E-state index in [1.54, 1.807) is 0 Å². The number of nitrogens with zero attached hydrogens (tertiary/aromatic N) is 3. The van der Waals surface area contributed by atoms with Gasteiger partial charge < -0.3 is 5.11 Å². The molecule has 0 aliphatic heterocycles. The second-order valence-corrected chi connectivity index (χ2v) is 7.28. The summed E-state index contributed by atoms with van der Waals surface area (Å²) in [5.74, 6) is 0. The summed E-state index contributed by atoms with van der Waals surface area (Å²) in [5, 5.41) is 13.1. The lowest BCUT2D eigenvalue weighted by Crippen LogP contribution is -2.12. The van der Waals surface area contributed by atoms with E-state index >= 15 is 0 Å². The minimum Gasteiger partial charge on any atom is -0.394 e. The average Bonchev–Trinajstić information content (AvgIpc) is 3.03. The Kier molecular flexibility index (Phi) is 3.48. The fourth-order valence-electron chi connectivity index (χ4n) is 2.12. The van der Waals surface area contributed by atoms with Crippen molar-refractivity contribution < 1.29 is 13.5 Å². The van der Waals surface area contributed by atoms with Crippen LogP contribution in [0.25, 0.3) is 0 Å². The standard InChI is InChI=1S/C11H14N4O3S2/c16-5-4-15-7-8(6-12-15)20(17,18)14-11-13-9-2-1-3-10(9)19-11/h6-7,16H,1-5H2,(H,13,14). The fourth-order valence-corrected chi connectivity index (χ4v) is 4.35. The van der Waals surface area contributed by atoms with Gasteiger partial charge in [-0.2, -0.15) is 5.10 Å². The van der Waals surface area contributed by atoms with Crippen LogP contribution in [0.2, 0.25) is 0 Å². The van der Waals surface area contributed by atoms with Crippen LogP contribution in [-0.2, 0) is 29.4 Å². The second kappa shape index (κ2) is 5.15. The lowest BCUT2D eigenvalue weighted by atomic mass is 10.4. The van der Waals surface area contributed by atoms with E-state index in [0.717, 1.165) is 25.0 Å². The van der Waals surface area contributed by atoms with Gasteiger partial charge in [0, 0.05) is 11.1 Å². The van der Waals surface area contributed by atoms with Crippen LogP contribution in [0.4, 0.5) is 5.13 Å². The molecule has 9 heteroatoms. The number of rotatable bonds is 5. The van der Waals surface area contributed by atoms with Gasteiger partial charge in [0.05, 0.1) is 25.0 Å². The Morgan fingerprint density at radius 1 is 1.45 bits per heavy atom. The average molecular weight is 314 g/mol. The van der Waals surface area contributed by atoms with Crippen LogP contribution in [0.3, 0.4) is 0 Å². The van der Waals surface area contributed by atoms with Crippen molar-refractivity contribution in [3.8, 4) is 0 Å². The Hall–Kier alpha value is -1.45. The van der Waals surface area contributed by atoms with Gasteiger partial charge >= 0.3 is 0 Å². The van der Waals surface area contributed by atoms with Crippen molar-refractivity contribution >= 4 is 26.5 Å². The Balaban J connectivity index is 1.80. The number of sulfonamides is 1. The molecule has 0 radical (unpaired) electrons. The maximum absolute atomic E-state index is 12.2. The molecular weight excluding hydrogens is 300 g/mol. The largest absolute Gasteiger partial charge is 0.394 e. The first-order valence-corrected chi connectivity index (χ1v) is 8.53. The minimum atomic E-state index is -3.67. The molecule has 3 rings (SSSR count). The molecule has 1 aliphatic carbocycles. The van der Waals surface area contributed by atoms with Crippen LogP contribution < -0.4 is 4.72 Å². The molecule has 0 fully saturated rings. The molecule has 20 heavy (non-hydrogen) atoms. The van der Waals surface area contributed by atoms with Gasteiger partial charge in [-0.25, -0.2) is 13.4 Å². The van der Waals surface area contributed by atoms with Crippen molar-refractivity contribution in [2.24, 2.45) is 0 Å². The Morgan fingerprint density at radius 3 is 3.05 bits per heavy atom. The summed E-state index contributed by atoms with van der Waals surface area (Å²) >= 11 is 1.39. The van der Waals surface area contributed by atoms with Gasteiger partial charge in [-0.1, -0.05) is 0 Å². The van der Waals surface area contributed by atoms with Crippen molar-refractivity contribution in [3.63, 3.8) is 0 Å². The van der Waals surface area contributed by atoms with Gasteiger partial charge in [0.15, 0.2) is 5.13 Å². The molecule has 1 aliphatic rings. The molecule has 0 spiro atoms. The summed E-state index contributed by atoms with van der Waals surface area (Å²) < 4.78 is 28.2. The van der Waals surface area contributed by atoms with Crippen LogP contribution >= 0.6 is 11.3 Å². The number of fused-ring (bicyclic) bond motifs is 1. The molecule has 0 unspecified atom stereocenters. The number of aliphatic hydroxyl groups is 1. The number of hydrogen-bond donors (Lipinski definition) is 2. The second-order valence-electron chi connectivity index (χ2n) is 4.51. The molecule has 0 aromatic carbocycles. The molecule has 0 saturated heterocycles. The third-order valence-electron chi connectivity index (χ3n) is 3.07. The van der Waals surface area contributed by atoms with Crippen molar-refractivity contribution in [1.82, 2.24) is 14.8 Å². The summed E-state index contributed by atoms with van der Waals surface area (Å²) in [7, 11) is -3.67. The number of aliphatic hydroxyl groups excluding tert-OH is 1. The first-order chi connectivity index (χ1) is 9.58. The maximum atomic E-state index is 12.2. The predicted molar refractivity (Wildman–Crippen MR) is 74.3 cm³/mol. The Bertz CT molecular complexity index is 698. The van der Waals surface area contributed by atoms with Crippen molar-refractivity contribution in [1.29, 1.82) is 0 Å². The van der Waals surface area contributed by atoms with Gasteiger partial charge in [-0.05, 0) is 19.3 Å². The van der Waals surface area contributed by atoms with E-state index in [1.807, 2.05) is 0 Å². The number of anilines is 1. The van der Waals surface area contributed by atoms with E-state index in [-0.39, 0.29) is 18.0 Å². The fraction of sp³-hybridized carbons (Fsp3) is 0.455. The highest BCUT2D eigenvalue weighted by molar-refractivity contribution is 7.93. The molecule has 0 bridgehead atoms. The summed E-state index contributed by atoms with van der Waals surface area (Å²) in [4.78, 5) is 5.54. The highest BCUT2D eigenvalue weighted by atomic mass is 32.2. The third-order valence-corrected chi connectivity index (χ3v) is 5.56. The molecule has 0 amide bonds. The van der Waals surface area contributed by atoms with Crippen LogP contribution in [0.5, 0.6) is 0 Å². The first-order valence-electron chi connectivity index (χ1n) is 6.23. The maximum Gasteiger partial charge on any atom is 0.266 e. The van der Waals surface area contributed by atoms with E-state index in [1.165, 1.54) is 33.3 Å². The predicted octanol–water partition coefficient (Wildman–Crippen LogP) is 0.621. The molecule has 0 saturated carbocycles. The normalized spacial score (nSPS) is 14.4. The number of aryl methyl sites for hydroxylation is 2. The zero-order chi connectivity index (χ0) is 14.2. The van der Waals surface area contributed by atoms with Gasteiger partial charge in [0.1, 0.15) is 4.90 Å². The lowest BCUT2D eigenvalue weighted by molar-refractivity contribution is 0.269. The quantitative estimate of drug-likeness (QED) is 0.843. The van der Waals surface area contributed by atoms with Gasteiger partial charge in [0.25, 0.3) is 10.0 Å². The molecular formula is C11H14N4O3S2. The molecule has 2 N–H and O–H groups in total. The van der Waals surface area contributed by atoms with Gasteiger partial charge in [-0.3, -0.25) is 9.40 Å². The van der Waals surface area contributed by atoms with Crippen molar-refractivity contribution in [2.45, 2.75) is 30.7 Å². The molecule has 2 aromatic rings. The lowest BCUT2D eigenvalue weighted by Gasteiger charge is -2.02. The Labute approximate surface area is 120 Å². The van der Waals surface area contributed by atoms with Crippen molar-refractivity contribution in [3.05, 3.63) is 23.0 Å². The zero-order valence-electron chi connectivity index (χ0n) is 10.6. The van der Waals surface area contributed by atoms with E-state index in [2.05, 4.69) is 14.8 Å². The van der Waals surface area contributed by atoms with Crippen molar-refractivity contribution in [2.75, 3.05) is 11.3 Å². The van der Waals surface area contributed by atoms with E-state index in [4.69, 9.17) is 5.11 Å². The highest BCUT2D eigenvalue weighted by Gasteiger charge is 2.22. The molecule has 108 valence electrons. The topological polar surface area (TPSA) is 97.1 Å². The third kappa shape index (κ3) is 2.56. The highest BCUT2D eigenvalue weighted by Crippen LogP contribution is 2.31. The summed E-state index contributed by atoms with van der Waals surface area (Å²) in [6, 6.07) is 0. The number of aromatic nitrogens is 3. The Morgan fingerprint density at radius 2 is 2.30 bits per heavy atom.